The Labute approximate surface area is 138 Å². The molecule has 6 heteroatoms. The van der Waals surface area contributed by atoms with Gasteiger partial charge in [-0.05, 0) is 45.7 Å². The summed E-state index contributed by atoms with van der Waals surface area (Å²) in [5.41, 5.74) is 1.28. The van der Waals surface area contributed by atoms with Crippen LogP contribution in [-0.4, -0.2) is 38.1 Å². The summed E-state index contributed by atoms with van der Waals surface area (Å²) in [6.45, 7) is 8.70. The van der Waals surface area contributed by atoms with E-state index in [9.17, 15) is 4.79 Å². The van der Waals surface area contributed by atoms with E-state index in [0.717, 1.165) is 17.7 Å². The zero-order chi connectivity index (χ0) is 16.8. The average Bonchev–Trinajstić information content (AvgIpc) is 2.73. The number of carbonyl (C=O) groups is 1. The summed E-state index contributed by atoms with van der Waals surface area (Å²) >= 11 is 0. The first-order valence-electron chi connectivity index (χ1n) is 8.04. The molecule has 1 aromatic rings. The van der Waals surface area contributed by atoms with Crippen LogP contribution in [0.4, 0.5) is 10.5 Å². The topological polar surface area (TPSA) is 48.0 Å². The fourth-order valence-electron chi connectivity index (χ4n) is 3.17. The van der Waals surface area contributed by atoms with Crippen molar-refractivity contribution in [1.29, 1.82) is 0 Å². The summed E-state index contributed by atoms with van der Waals surface area (Å²) in [4.78, 5) is 13.8. The van der Waals surface area contributed by atoms with E-state index in [1.54, 1.807) is 4.90 Å². The van der Waals surface area contributed by atoms with Crippen LogP contribution in [0.3, 0.4) is 0 Å². The van der Waals surface area contributed by atoms with Gasteiger partial charge in [-0.15, -0.1) is 0 Å². The fourth-order valence-corrected chi connectivity index (χ4v) is 3.17. The Bertz CT molecular complexity index is 600. The van der Waals surface area contributed by atoms with Crippen molar-refractivity contribution in [2.24, 2.45) is 0 Å². The molecule has 1 aromatic carbocycles. The van der Waals surface area contributed by atoms with Gasteiger partial charge in [-0.3, -0.25) is 4.90 Å². The van der Waals surface area contributed by atoms with Crippen LogP contribution in [-0.2, 0) is 20.5 Å². The van der Waals surface area contributed by atoms with Gasteiger partial charge in [-0.1, -0.05) is 18.2 Å². The standard InChI is InChI=1S/C17H24BNO4/c1-16(2)17(3,4)23-18(22-16)13-10-12-8-6-7-9-14(12)19(11-13)15(20)21-5/h6-9,13H,10-11H2,1-5H3/t13-/m0/s1. The molecule has 1 atom stereocenters. The Hall–Kier alpha value is -1.53. The molecule has 0 bridgehead atoms. The SMILES string of the molecule is COC(=O)N1C[C@@H](B2OC(C)(C)C(C)(C)O2)Cc2ccccc21. The largest absolute Gasteiger partial charge is 0.463 e. The third kappa shape index (κ3) is 2.74. The first-order valence-corrected chi connectivity index (χ1v) is 8.04. The lowest BCUT2D eigenvalue weighted by Crippen LogP contribution is -2.43. The molecule has 0 aliphatic carbocycles. The van der Waals surface area contributed by atoms with Gasteiger partial charge in [0.2, 0.25) is 0 Å². The van der Waals surface area contributed by atoms with E-state index in [2.05, 4.69) is 0 Å². The van der Waals surface area contributed by atoms with Crippen LogP contribution in [0.15, 0.2) is 24.3 Å². The van der Waals surface area contributed by atoms with Crippen LogP contribution < -0.4 is 4.90 Å². The molecule has 3 rings (SSSR count). The van der Waals surface area contributed by atoms with Crippen molar-refractivity contribution < 1.29 is 18.8 Å². The van der Waals surface area contributed by atoms with Gasteiger partial charge in [0.15, 0.2) is 0 Å². The maximum atomic E-state index is 12.2. The Morgan fingerprint density at radius 1 is 1.22 bits per heavy atom. The van der Waals surface area contributed by atoms with Crippen LogP contribution in [0.25, 0.3) is 0 Å². The lowest BCUT2D eigenvalue weighted by Gasteiger charge is -2.34. The quantitative estimate of drug-likeness (QED) is 0.746. The Balaban J connectivity index is 1.88. The molecule has 23 heavy (non-hydrogen) atoms. The molecule has 0 spiro atoms. The predicted molar refractivity (Wildman–Crippen MR) is 89.7 cm³/mol. The third-order valence-corrected chi connectivity index (χ3v) is 5.23. The molecule has 0 aromatic heterocycles. The van der Waals surface area contributed by atoms with E-state index in [-0.39, 0.29) is 30.2 Å². The number of rotatable bonds is 1. The van der Waals surface area contributed by atoms with Gasteiger partial charge < -0.3 is 14.0 Å². The molecule has 2 heterocycles. The molecule has 124 valence electrons. The van der Waals surface area contributed by atoms with E-state index in [0.29, 0.717) is 6.54 Å². The van der Waals surface area contributed by atoms with Gasteiger partial charge >= 0.3 is 13.2 Å². The lowest BCUT2D eigenvalue weighted by molar-refractivity contribution is 0.00578. The summed E-state index contributed by atoms with van der Waals surface area (Å²) in [6, 6.07) is 7.92. The molecule has 2 aliphatic heterocycles. The van der Waals surface area contributed by atoms with E-state index in [1.807, 2.05) is 52.0 Å². The number of fused-ring (bicyclic) bond motifs is 1. The second-order valence-corrected chi connectivity index (χ2v) is 7.30. The minimum Gasteiger partial charge on any atom is -0.452 e. The van der Waals surface area contributed by atoms with Gasteiger partial charge in [-0.25, -0.2) is 4.79 Å². The number of ether oxygens (including phenoxy) is 1. The maximum Gasteiger partial charge on any atom is 0.463 e. The summed E-state index contributed by atoms with van der Waals surface area (Å²) in [7, 11) is 1.07. The number of hydrogen-bond donors (Lipinski definition) is 0. The van der Waals surface area contributed by atoms with E-state index >= 15 is 0 Å². The fraction of sp³-hybridized carbons (Fsp3) is 0.588. The zero-order valence-corrected chi connectivity index (χ0v) is 14.5. The monoisotopic (exact) mass is 317 g/mol. The highest BCUT2D eigenvalue weighted by Crippen LogP contribution is 2.43. The molecule has 0 saturated carbocycles. The van der Waals surface area contributed by atoms with Crippen molar-refractivity contribution in [3.8, 4) is 0 Å². The average molecular weight is 317 g/mol. The first kappa shape index (κ1) is 16.3. The zero-order valence-electron chi connectivity index (χ0n) is 14.5. The number of anilines is 1. The highest BCUT2D eigenvalue weighted by atomic mass is 16.7. The minimum absolute atomic E-state index is 0.0741. The number of methoxy groups -OCH3 is 1. The van der Waals surface area contributed by atoms with Crippen molar-refractivity contribution in [3.63, 3.8) is 0 Å². The van der Waals surface area contributed by atoms with Gasteiger partial charge in [-0.2, -0.15) is 0 Å². The van der Waals surface area contributed by atoms with Crippen molar-refractivity contribution in [2.45, 2.75) is 51.1 Å². The van der Waals surface area contributed by atoms with Crippen LogP contribution in [0, 0.1) is 0 Å². The number of para-hydroxylation sites is 1. The van der Waals surface area contributed by atoms with E-state index in [4.69, 9.17) is 14.0 Å². The van der Waals surface area contributed by atoms with Gasteiger partial charge in [0.1, 0.15) is 0 Å². The number of carbonyl (C=O) groups excluding carboxylic acids is 1. The molecule has 1 saturated heterocycles. The molecule has 0 N–H and O–H groups in total. The smallest absolute Gasteiger partial charge is 0.452 e. The van der Waals surface area contributed by atoms with Crippen molar-refractivity contribution >= 4 is 18.9 Å². The molecule has 5 nitrogen and oxygen atoms in total. The first-order chi connectivity index (χ1) is 10.7. The molecular weight excluding hydrogens is 293 g/mol. The van der Waals surface area contributed by atoms with E-state index < -0.39 is 0 Å². The minimum atomic E-state index is -0.370. The molecular formula is C17H24BNO4. The molecule has 1 fully saturated rings. The normalized spacial score (nSPS) is 25.2. The number of benzene rings is 1. The van der Waals surface area contributed by atoms with Gasteiger partial charge in [0, 0.05) is 12.4 Å². The Kier molecular flexibility index (Phi) is 3.93. The lowest BCUT2D eigenvalue weighted by atomic mass is 9.67. The highest BCUT2D eigenvalue weighted by molar-refractivity contribution is 6.48. The van der Waals surface area contributed by atoms with Crippen molar-refractivity contribution in [3.05, 3.63) is 29.8 Å². The summed E-state index contributed by atoms with van der Waals surface area (Å²) in [5, 5.41) is 0. The summed E-state index contributed by atoms with van der Waals surface area (Å²) in [6.07, 6.45) is 0.471. The van der Waals surface area contributed by atoms with Crippen molar-refractivity contribution in [1.82, 2.24) is 0 Å². The van der Waals surface area contributed by atoms with Crippen LogP contribution in [0.2, 0.25) is 5.82 Å². The van der Waals surface area contributed by atoms with Gasteiger partial charge in [0.05, 0.1) is 24.0 Å². The maximum absolute atomic E-state index is 12.2. The highest BCUT2D eigenvalue weighted by Gasteiger charge is 2.54. The summed E-state index contributed by atoms with van der Waals surface area (Å²) < 4.78 is 17.3. The molecule has 1 amide bonds. The predicted octanol–water partition coefficient (Wildman–Crippen LogP) is 3.28. The second-order valence-electron chi connectivity index (χ2n) is 7.30. The second kappa shape index (κ2) is 5.53. The number of hydrogen-bond acceptors (Lipinski definition) is 4. The number of nitrogens with zero attached hydrogens (tertiary/aromatic N) is 1. The van der Waals surface area contributed by atoms with E-state index in [1.165, 1.54) is 7.11 Å². The third-order valence-electron chi connectivity index (χ3n) is 5.23. The number of amides is 1. The molecule has 0 radical (unpaired) electrons. The van der Waals surface area contributed by atoms with Crippen LogP contribution in [0.5, 0.6) is 0 Å². The van der Waals surface area contributed by atoms with Crippen LogP contribution in [0.1, 0.15) is 33.3 Å². The van der Waals surface area contributed by atoms with Crippen LogP contribution >= 0.6 is 0 Å². The van der Waals surface area contributed by atoms with Crippen molar-refractivity contribution in [2.75, 3.05) is 18.6 Å². The Morgan fingerprint density at radius 3 is 2.43 bits per heavy atom. The Morgan fingerprint density at radius 2 is 1.83 bits per heavy atom. The summed E-state index contributed by atoms with van der Waals surface area (Å²) in [5.74, 6) is 0.0741. The molecule has 0 unspecified atom stereocenters. The molecule has 2 aliphatic rings. The van der Waals surface area contributed by atoms with Gasteiger partial charge in [0.25, 0.3) is 0 Å².